The molecule has 1 saturated carbocycles. The molecule has 31 heavy (non-hydrogen) atoms. The van der Waals surface area contributed by atoms with E-state index in [1.54, 1.807) is 0 Å². The normalized spacial score (nSPS) is 20.9. The Hall–Kier alpha value is -2.73. The Bertz CT molecular complexity index is 934. The number of fused-ring (bicyclic) bond motifs is 1. The molecule has 2 aromatic carbocycles. The summed E-state index contributed by atoms with van der Waals surface area (Å²) >= 11 is 0. The van der Waals surface area contributed by atoms with Gasteiger partial charge in [0.05, 0.1) is 0 Å². The fourth-order valence-corrected chi connectivity index (χ4v) is 4.79. The average Bonchev–Trinajstić information content (AvgIpc) is 3.48. The molecule has 2 N–H and O–H groups in total. The van der Waals surface area contributed by atoms with E-state index in [0.717, 1.165) is 56.6 Å². The van der Waals surface area contributed by atoms with Crippen LogP contribution in [0.25, 0.3) is 0 Å². The zero-order chi connectivity index (χ0) is 21.2. The summed E-state index contributed by atoms with van der Waals surface area (Å²) < 4.78 is 16.8. The molecule has 1 saturated heterocycles. The van der Waals surface area contributed by atoms with E-state index in [-0.39, 0.29) is 10.8 Å². The van der Waals surface area contributed by atoms with Gasteiger partial charge >= 0.3 is 0 Å². The molecule has 2 aromatic rings. The molecule has 0 spiro atoms. The molecule has 5 rings (SSSR count). The number of benzene rings is 2. The van der Waals surface area contributed by atoms with E-state index in [1.807, 2.05) is 13.1 Å². The number of aliphatic imine (C=N–C) groups is 1. The third-order valence-electron chi connectivity index (χ3n) is 7.09. The van der Waals surface area contributed by atoms with Crippen molar-refractivity contribution in [1.82, 2.24) is 10.6 Å². The molecule has 2 aliphatic heterocycles. The van der Waals surface area contributed by atoms with Gasteiger partial charge in [-0.05, 0) is 48.9 Å². The first-order valence-electron chi connectivity index (χ1n) is 11.2. The van der Waals surface area contributed by atoms with Crippen molar-refractivity contribution in [2.24, 2.45) is 4.99 Å². The van der Waals surface area contributed by atoms with Gasteiger partial charge in [0.1, 0.15) is 0 Å². The highest BCUT2D eigenvalue weighted by molar-refractivity contribution is 5.80. The number of nitrogens with zero attached hydrogens (tertiary/aromatic N) is 1. The zero-order valence-corrected chi connectivity index (χ0v) is 18.2. The molecule has 0 unspecified atom stereocenters. The Labute approximate surface area is 184 Å². The van der Waals surface area contributed by atoms with Crippen molar-refractivity contribution in [3.05, 3.63) is 59.7 Å². The fourth-order valence-electron chi connectivity index (χ4n) is 4.79. The summed E-state index contributed by atoms with van der Waals surface area (Å²) in [4.78, 5) is 4.50. The van der Waals surface area contributed by atoms with Crippen LogP contribution in [-0.2, 0) is 15.6 Å². The molecule has 1 aliphatic carbocycles. The third kappa shape index (κ3) is 4.09. The van der Waals surface area contributed by atoms with Crippen molar-refractivity contribution in [2.45, 2.75) is 36.5 Å². The van der Waals surface area contributed by atoms with Crippen molar-refractivity contribution in [2.75, 3.05) is 40.1 Å². The maximum Gasteiger partial charge on any atom is 0.231 e. The third-order valence-corrected chi connectivity index (χ3v) is 7.09. The van der Waals surface area contributed by atoms with Gasteiger partial charge in [0, 0.05) is 44.2 Å². The van der Waals surface area contributed by atoms with Crippen LogP contribution in [0.1, 0.15) is 36.8 Å². The number of hydrogen-bond donors (Lipinski definition) is 2. The molecule has 2 fully saturated rings. The number of rotatable bonds is 6. The summed E-state index contributed by atoms with van der Waals surface area (Å²) in [5.74, 6) is 2.52. The average molecular weight is 422 g/mol. The maximum absolute atomic E-state index is 5.69. The number of ether oxygens (including phenoxy) is 3. The predicted molar refractivity (Wildman–Crippen MR) is 121 cm³/mol. The smallest absolute Gasteiger partial charge is 0.231 e. The maximum atomic E-state index is 5.69. The van der Waals surface area contributed by atoms with E-state index in [4.69, 9.17) is 14.2 Å². The summed E-state index contributed by atoms with van der Waals surface area (Å²) in [7, 11) is 1.84. The Kier molecular flexibility index (Phi) is 5.48. The van der Waals surface area contributed by atoms with Gasteiger partial charge in [-0.25, -0.2) is 0 Å². The molecular formula is C25H31N3O3. The second-order valence-electron chi connectivity index (χ2n) is 8.89. The summed E-state index contributed by atoms with van der Waals surface area (Å²) in [6.07, 6.45) is 4.37. The van der Waals surface area contributed by atoms with Crippen LogP contribution >= 0.6 is 0 Å². The minimum absolute atomic E-state index is 0.0203. The van der Waals surface area contributed by atoms with Crippen molar-refractivity contribution < 1.29 is 14.2 Å². The molecule has 3 aliphatic rings. The highest BCUT2D eigenvalue weighted by atomic mass is 16.7. The van der Waals surface area contributed by atoms with E-state index in [1.165, 1.54) is 24.0 Å². The van der Waals surface area contributed by atoms with E-state index >= 15 is 0 Å². The molecule has 0 atom stereocenters. The molecule has 6 heteroatoms. The van der Waals surface area contributed by atoms with Crippen LogP contribution in [0.4, 0.5) is 0 Å². The van der Waals surface area contributed by atoms with Crippen LogP contribution in [0.3, 0.4) is 0 Å². The molecule has 6 nitrogen and oxygen atoms in total. The Morgan fingerprint density at radius 2 is 1.52 bits per heavy atom. The van der Waals surface area contributed by atoms with Crippen LogP contribution in [0.2, 0.25) is 0 Å². The molecule has 0 bridgehead atoms. The van der Waals surface area contributed by atoms with Gasteiger partial charge < -0.3 is 24.8 Å². The van der Waals surface area contributed by atoms with Gasteiger partial charge in [-0.2, -0.15) is 0 Å². The second kappa shape index (κ2) is 8.42. The summed E-state index contributed by atoms with van der Waals surface area (Å²) in [6, 6.07) is 17.1. The van der Waals surface area contributed by atoms with Crippen molar-refractivity contribution in [3.63, 3.8) is 0 Å². The van der Waals surface area contributed by atoms with Crippen molar-refractivity contribution in [1.29, 1.82) is 0 Å². The van der Waals surface area contributed by atoms with Gasteiger partial charge in [0.25, 0.3) is 0 Å². The fraction of sp³-hybridized carbons (Fsp3) is 0.480. The Morgan fingerprint density at radius 3 is 2.19 bits per heavy atom. The van der Waals surface area contributed by atoms with E-state index in [9.17, 15) is 0 Å². The van der Waals surface area contributed by atoms with Gasteiger partial charge in [-0.1, -0.05) is 36.4 Å². The number of hydrogen-bond acceptors (Lipinski definition) is 4. The van der Waals surface area contributed by atoms with Crippen LogP contribution in [-0.4, -0.2) is 46.1 Å². The summed E-state index contributed by atoms with van der Waals surface area (Å²) in [6.45, 7) is 3.52. The first-order chi connectivity index (χ1) is 15.2. The van der Waals surface area contributed by atoms with E-state index < -0.39 is 0 Å². The highest BCUT2D eigenvalue weighted by Crippen LogP contribution is 2.47. The van der Waals surface area contributed by atoms with E-state index in [0.29, 0.717) is 6.79 Å². The molecule has 2 heterocycles. The monoisotopic (exact) mass is 421 g/mol. The van der Waals surface area contributed by atoms with Crippen LogP contribution < -0.4 is 20.1 Å². The Balaban J connectivity index is 1.27. The minimum Gasteiger partial charge on any atom is -0.454 e. The SMILES string of the molecule is CN=C(NCC1(c2ccc3c(c2)OCO3)CCOCC1)NCC1(c2ccccc2)CC1. The lowest BCUT2D eigenvalue weighted by molar-refractivity contribution is 0.0513. The predicted octanol–water partition coefficient (Wildman–Crippen LogP) is 3.36. The van der Waals surface area contributed by atoms with Crippen molar-refractivity contribution in [3.8, 4) is 11.5 Å². The van der Waals surface area contributed by atoms with Gasteiger partial charge in [0.15, 0.2) is 17.5 Å². The Morgan fingerprint density at radius 1 is 0.839 bits per heavy atom. The summed E-state index contributed by atoms with van der Waals surface area (Å²) in [5.41, 5.74) is 2.91. The topological polar surface area (TPSA) is 64.1 Å². The largest absolute Gasteiger partial charge is 0.454 e. The zero-order valence-electron chi connectivity index (χ0n) is 18.2. The molecule has 0 amide bonds. The number of guanidine groups is 1. The van der Waals surface area contributed by atoms with E-state index in [2.05, 4.69) is 58.1 Å². The molecule has 164 valence electrons. The van der Waals surface area contributed by atoms with Crippen LogP contribution in [0.15, 0.2) is 53.5 Å². The molecular weight excluding hydrogens is 390 g/mol. The van der Waals surface area contributed by atoms with Crippen LogP contribution in [0.5, 0.6) is 11.5 Å². The highest BCUT2D eigenvalue weighted by Gasteiger charge is 2.44. The lowest BCUT2D eigenvalue weighted by atomic mass is 9.74. The van der Waals surface area contributed by atoms with Crippen LogP contribution in [0, 0.1) is 0 Å². The quantitative estimate of drug-likeness (QED) is 0.553. The first-order valence-corrected chi connectivity index (χ1v) is 11.2. The van der Waals surface area contributed by atoms with Crippen molar-refractivity contribution >= 4 is 5.96 Å². The lowest BCUT2D eigenvalue weighted by Gasteiger charge is -2.38. The first kappa shape index (κ1) is 20.2. The number of nitrogens with one attached hydrogen (secondary N) is 2. The lowest BCUT2D eigenvalue weighted by Crippen LogP contribution is -2.49. The molecule has 0 aromatic heterocycles. The molecule has 0 radical (unpaired) electrons. The van der Waals surface area contributed by atoms with Gasteiger partial charge in [-0.15, -0.1) is 0 Å². The van der Waals surface area contributed by atoms with Gasteiger partial charge in [0.2, 0.25) is 6.79 Å². The standard InChI is InChI=1S/C25H31N3O3/c1-26-23(27-16-24(9-10-24)19-5-3-2-4-6-19)28-17-25(11-13-29-14-12-25)20-7-8-21-22(15-20)31-18-30-21/h2-8,15H,9-14,16-18H2,1H3,(H2,26,27,28). The van der Waals surface area contributed by atoms with Gasteiger partial charge in [-0.3, -0.25) is 4.99 Å². The second-order valence-corrected chi connectivity index (χ2v) is 8.89. The summed E-state index contributed by atoms with van der Waals surface area (Å²) in [5, 5.41) is 7.19. The minimum atomic E-state index is -0.0203.